The number of ether oxygens (including phenoxy) is 3. The van der Waals surface area contributed by atoms with Gasteiger partial charge in [0.05, 0.1) is 20.8 Å². The van der Waals surface area contributed by atoms with Crippen LogP contribution in [-0.2, 0) is 0 Å². The largest absolute Gasteiger partial charge is 0.493 e. The van der Waals surface area contributed by atoms with E-state index in [1.165, 1.54) is 11.3 Å². The van der Waals surface area contributed by atoms with Crippen LogP contribution in [0.15, 0.2) is 52.3 Å². The smallest absolute Gasteiger partial charge is 0.273 e. The highest BCUT2D eigenvalue weighted by atomic mass is 79.9. The first-order chi connectivity index (χ1) is 14.0. The first-order valence-corrected chi connectivity index (χ1v) is 10.5. The minimum absolute atomic E-state index is 0.146. The molecule has 1 heterocycles. The van der Waals surface area contributed by atoms with Crippen LogP contribution >= 0.6 is 27.3 Å². The molecule has 6 nitrogen and oxygen atoms in total. The van der Waals surface area contributed by atoms with Crippen LogP contribution in [0.5, 0.6) is 17.2 Å². The Morgan fingerprint density at radius 3 is 2.52 bits per heavy atom. The Labute approximate surface area is 182 Å². The molecule has 3 rings (SSSR count). The Balaban J connectivity index is 1.61. The van der Waals surface area contributed by atoms with Crippen LogP contribution in [0.2, 0.25) is 0 Å². The molecule has 0 saturated carbocycles. The molecule has 0 unspecified atom stereocenters. The number of benzene rings is 2. The summed E-state index contributed by atoms with van der Waals surface area (Å²) in [5.74, 6) is 1.88. The SMILES string of the molecule is COc1ccc(-c2nc(C(=O)N(C)CCOc3ccc(Br)cc3)cs2)cc1OC. The van der Waals surface area contributed by atoms with Crippen molar-refractivity contribution in [1.82, 2.24) is 9.88 Å². The van der Waals surface area contributed by atoms with E-state index >= 15 is 0 Å². The zero-order valence-electron chi connectivity index (χ0n) is 16.3. The Bertz CT molecular complexity index is 975. The van der Waals surface area contributed by atoms with Gasteiger partial charge in [-0.25, -0.2) is 4.98 Å². The molecule has 3 aromatic rings. The van der Waals surface area contributed by atoms with Gasteiger partial charge in [0.25, 0.3) is 5.91 Å². The zero-order chi connectivity index (χ0) is 20.8. The van der Waals surface area contributed by atoms with Crippen molar-refractivity contribution in [2.75, 3.05) is 34.4 Å². The van der Waals surface area contributed by atoms with E-state index in [1.807, 2.05) is 42.5 Å². The second-order valence-electron chi connectivity index (χ2n) is 6.14. The molecular weight excluding hydrogens is 456 g/mol. The quantitative estimate of drug-likeness (QED) is 0.469. The molecule has 0 aliphatic rings. The summed E-state index contributed by atoms with van der Waals surface area (Å²) in [6, 6.07) is 13.1. The average Bonchev–Trinajstić information content (AvgIpc) is 3.24. The molecule has 0 bridgehead atoms. The maximum absolute atomic E-state index is 12.7. The van der Waals surface area contributed by atoms with Crippen LogP contribution in [0.4, 0.5) is 0 Å². The van der Waals surface area contributed by atoms with E-state index in [-0.39, 0.29) is 5.91 Å². The third-order valence-corrected chi connectivity index (χ3v) is 5.63. The van der Waals surface area contributed by atoms with Crippen LogP contribution < -0.4 is 14.2 Å². The highest BCUT2D eigenvalue weighted by Crippen LogP contribution is 2.33. The first-order valence-electron chi connectivity index (χ1n) is 8.83. The summed E-state index contributed by atoms with van der Waals surface area (Å²) in [6.07, 6.45) is 0. The van der Waals surface area contributed by atoms with Crippen molar-refractivity contribution in [1.29, 1.82) is 0 Å². The lowest BCUT2D eigenvalue weighted by Gasteiger charge is -2.16. The monoisotopic (exact) mass is 476 g/mol. The van der Waals surface area contributed by atoms with Crippen molar-refractivity contribution in [2.24, 2.45) is 0 Å². The predicted octanol–water partition coefficient (Wildman–Crippen LogP) is 4.74. The topological polar surface area (TPSA) is 60.9 Å². The molecular formula is C21H21BrN2O4S. The maximum Gasteiger partial charge on any atom is 0.273 e. The van der Waals surface area contributed by atoms with Crippen molar-refractivity contribution in [3.05, 3.63) is 58.0 Å². The van der Waals surface area contributed by atoms with Crippen LogP contribution in [-0.4, -0.2) is 50.2 Å². The summed E-state index contributed by atoms with van der Waals surface area (Å²) in [7, 11) is 4.92. The summed E-state index contributed by atoms with van der Waals surface area (Å²) in [6.45, 7) is 0.856. The lowest BCUT2D eigenvalue weighted by Crippen LogP contribution is -2.31. The zero-order valence-corrected chi connectivity index (χ0v) is 18.7. The van der Waals surface area contributed by atoms with Gasteiger partial charge >= 0.3 is 0 Å². The van der Waals surface area contributed by atoms with Gasteiger partial charge in [-0.1, -0.05) is 15.9 Å². The maximum atomic E-state index is 12.7. The van der Waals surface area contributed by atoms with E-state index in [2.05, 4.69) is 20.9 Å². The van der Waals surface area contributed by atoms with E-state index in [0.717, 1.165) is 20.8 Å². The van der Waals surface area contributed by atoms with Gasteiger partial charge in [0.15, 0.2) is 11.5 Å². The molecule has 0 aliphatic heterocycles. The van der Waals surface area contributed by atoms with Gasteiger partial charge in [0, 0.05) is 22.5 Å². The molecule has 0 fully saturated rings. The highest BCUT2D eigenvalue weighted by Gasteiger charge is 2.17. The van der Waals surface area contributed by atoms with Crippen molar-refractivity contribution in [2.45, 2.75) is 0 Å². The lowest BCUT2D eigenvalue weighted by atomic mass is 10.2. The number of amides is 1. The Hall–Kier alpha value is -2.58. The van der Waals surface area contributed by atoms with E-state index < -0.39 is 0 Å². The van der Waals surface area contributed by atoms with Crippen LogP contribution in [0.25, 0.3) is 10.6 Å². The molecule has 29 heavy (non-hydrogen) atoms. The first kappa shape index (κ1) is 21.1. The molecule has 0 radical (unpaired) electrons. The Kier molecular flexibility index (Phi) is 7.11. The fourth-order valence-electron chi connectivity index (χ4n) is 2.60. The van der Waals surface area contributed by atoms with Gasteiger partial charge in [0.1, 0.15) is 23.1 Å². The summed E-state index contributed by atoms with van der Waals surface area (Å²) < 4.78 is 17.3. The lowest BCUT2D eigenvalue weighted by molar-refractivity contribution is 0.0769. The second-order valence-corrected chi connectivity index (χ2v) is 7.91. The number of methoxy groups -OCH3 is 2. The second kappa shape index (κ2) is 9.76. The van der Waals surface area contributed by atoms with Gasteiger partial charge in [0.2, 0.25) is 0 Å². The number of halogens is 1. The fraction of sp³-hybridized carbons (Fsp3) is 0.238. The molecule has 2 aromatic carbocycles. The standard InChI is InChI=1S/C21H21BrN2O4S/c1-24(10-11-28-16-7-5-15(22)6-8-16)21(25)17-13-29-20(23-17)14-4-9-18(26-2)19(12-14)27-3/h4-9,12-13H,10-11H2,1-3H3. The number of carbonyl (C=O) groups excluding carboxylic acids is 1. The fourth-order valence-corrected chi connectivity index (χ4v) is 3.66. The van der Waals surface area contributed by atoms with Crippen molar-refractivity contribution in [3.8, 4) is 27.8 Å². The molecule has 1 aromatic heterocycles. The van der Waals surface area contributed by atoms with Crippen molar-refractivity contribution < 1.29 is 19.0 Å². The van der Waals surface area contributed by atoms with Crippen LogP contribution in [0.3, 0.4) is 0 Å². The summed E-state index contributed by atoms with van der Waals surface area (Å²) >= 11 is 4.80. The minimum Gasteiger partial charge on any atom is -0.493 e. The number of aromatic nitrogens is 1. The normalized spacial score (nSPS) is 10.5. The van der Waals surface area contributed by atoms with Gasteiger partial charge < -0.3 is 19.1 Å². The summed E-state index contributed by atoms with van der Waals surface area (Å²) in [5, 5.41) is 2.51. The summed E-state index contributed by atoms with van der Waals surface area (Å²) in [5.41, 5.74) is 1.28. The van der Waals surface area contributed by atoms with E-state index in [4.69, 9.17) is 14.2 Å². The third kappa shape index (κ3) is 5.27. The van der Waals surface area contributed by atoms with E-state index in [0.29, 0.717) is 30.3 Å². The Morgan fingerprint density at radius 1 is 1.10 bits per heavy atom. The molecule has 152 valence electrons. The molecule has 1 amide bonds. The summed E-state index contributed by atoms with van der Waals surface area (Å²) in [4.78, 5) is 18.8. The van der Waals surface area contributed by atoms with Gasteiger partial charge in [-0.15, -0.1) is 11.3 Å². The molecule has 0 aliphatic carbocycles. The minimum atomic E-state index is -0.146. The molecule has 0 N–H and O–H groups in total. The molecule has 0 saturated heterocycles. The van der Waals surface area contributed by atoms with Crippen LogP contribution in [0, 0.1) is 0 Å². The van der Waals surface area contributed by atoms with Gasteiger partial charge in [-0.2, -0.15) is 0 Å². The Morgan fingerprint density at radius 2 is 1.83 bits per heavy atom. The number of hydrogen-bond acceptors (Lipinski definition) is 6. The van der Waals surface area contributed by atoms with E-state index in [9.17, 15) is 4.79 Å². The molecule has 0 atom stereocenters. The number of likely N-dealkylation sites (N-methyl/N-ethyl adjacent to an activating group) is 1. The van der Waals surface area contributed by atoms with Gasteiger partial charge in [-0.3, -0.25) is 4.79 Å². The number of thiazole rings is 1. The van der Waals surface area contributed by atoms with Crippen molar-refractivity contribution >= 4 is 33.2 Å². The number of nitrogens with zero attached hydrogens (tertiary/aromatic N) is 2. The van der Waals surface area contributed by atoms with Crippen molar-refractivity contribution in [3.63, 3.8) is 0 Å². The third-order valence-electron chi connectivity index (χ3n) is 4.21. The number of hydrogen-bond donors (Lipinski definition) is 0. The number of rotatable bonds is 8. The number of carbonyl (C=O) groups is 1. The van der Waals surface area contributed by atoms with E-state index in [1.54, 1.807) is 31.5 Å². The highest BCUT2D eigenvalue weighted by molar-refractivity contribution is 9.10. The molecule has 8 heteroatoms. The van der Waals surface area contributed by atoms with Gasteiger partial charge in [-0.05, 0) is 42.5 Å². The average molecular weight is 477 g/mol. The van der Waals surface area contributed by atoms with Crippen LogP contribution in [0.1, 0.15) is 10.5 Å². The molecule has 0 spiro atoms. The predicted molar refractivity (Wildman–Crippen MR) is 117 cm³/mol.